The number of hydrogen-bond acceptors (Lipinski definition) is 9. The Morgan fingerprint density at radius 3 is 1.90 bits per heavy atom. The summed E-state index contributed by atoms with van der Waals surface area (Å²) in [5.74, 6) is 2.45. The Balaban J connectivity index is 1.67. The summed E-state index contributed by atoms with van der Waals surface area (Å²) < 4.78 is 62.9. The van der Waals surface area contributed by atoms with Gasteiger partial charge in [0.1, 0.15) is 4.90 Å². The second kappa shape index (κ2) is 14.5. The summed E-state index contributed by atoms with van der Waals surface area (Å²) in [5, 5.41) is 0. The average Bonchev–Trinajstić information content (AvgIpc) is 3.70. The van der Waals surface area contributed by atoms with Gasteiger partial charge in [0.25, 0.3) is 0 Å². The Hall–Kier alpha value is -2.69. The van der Waals surface area contributed by atoms with Crippen molar-refractivity contribution < 1.29 is 36.8 Å². The third-order valence-electron chi connectivity index (χ3n) is 7.62. The summed E-state index contributed by atoms with van der Waals surface area (Å²) in [6.45, 7) is 7.27. The smallest absolute Gasteiger partial charge is 0.203 e. The molecule has 9 nitrogen and oxygen atoms in total. The van der Waals surface area contributed by atoms with E-state index in [9.17, 15) is 8.42 Å². The molecule has 2 aliphatic heterocycles. The topological polar surface area (TPSA) is 92.8 Å². The van der Waals surface area contributed by atoms with E-state index in [1.54, 1.807) is 27.4 Å². The van der Waals surface area contributed by atoms with Gasteiger partial charge in [-0.3, -0.25) is 0 Å². The molecular formula is C31H45NO8S. The van der Waals surface area contributed by atoms with Gasteiger partial charge in [0, 0.05) is 6.54 Å². The molecule has 0 saturated carbocycles. The Labute approximate surface area is 244 Å². The first-order valence-corrected chi connectivity index (χ1v) is 16.3. The zero-order valence-electron chi connectivity index (χ0n) is 25.1. The van der Waals surface area contributed by atoms with E-state index in [0.717, 1.165) is 62.7 Å². The van der Waals surface area contributed by atoms with Gasteiger partial charge in [-0.15, -0.1) is 0 Å². The molecule has 0 amide bonds. The quantitative estimate of drug-likeness (QED) is 0.257. The maximum atomic E-state index is 13.8. The van der Waals surface area contributed by atoms with E-state index in [-0.39, 0.29) is 22.9 Å². The number of likely N-dealkylation sites (tertiary alicyclic amines) is 1. The number of methoxy groups -OCH3 is 3. The van der Waals surface area contributed by atoms with Crippen molar-refractivity contribution in [3.63, 3.8) is 0 Å². The van der Waals surface area contributed by atoms with Crippen molar-refractivity contribution >= 4 is 9.84 Å². The molecule has 0 aromatic heterocycles. The number of hydrogen-bond donors (Lipinski definition) is 0. The van der Waals surface area contributed by atoms with E-state index in [2.05, 4.69) is 4.90 Å². The molecule has 0 aliphatic carbocycles. The van der Waals surface area contributed by atoms with Gasteiger partial charge in [0.2, 0.25) is 5.75 Å². The summed E-state index contributed by atoms with van der Waals surface area (Å²) in [4.78, 5) is 2.40. The first-order valence-electron chi connectivity index (χ1n) is 14.7. The van der Waals surface area contributed by atoms with Crippen LogP contribution in [0.15, 0.2) is 29.2 Å². The van der Waals surface area contributed by atoms with Crippen LogP contribution in [0.1, 0.15) is 75.7 Å². The van der Waals surface area contributed by atoms with Gasteiger partial charge in [-0.25, -0.2) is 8.42 Å². The number of nitrogens with zero attached hydrogens (tertiary/aromatic N) is 1. The van der Waals surface area contributed by atoms with Crippen molar-refractivity contribution in [2.24, 2.45) is 0 Å². The molecule has 2 fully saturated rings. The first-order chi connectivity index (χ1) is 19.8. The normalized spacial score (nSPS) is 19.3. The molecule has 4 rings (SSSR count). The second-order valence-corrected chi connectivity index (χ2v) is 12.6. The largest absolute Gasteiger partial charge is 0.493 e. The third-order valence-corrected chi connectivity index (χ3v) is 9.31. The molecule has 0 bridgehead atoms. The maximum Gasteiger partial charge on any atom is 0.203 e. The molecule has 2 aromatic rings. The predicted molar refractivity (Wildman–Crippen MR) is 158 cm³/mol. The molecule has 2 atom stereocenters. The molecule has 0 N–H and O–H groups in total. The van der Waals surface area contributed by atoms with Crippen LogP contribution in [0.4, 0.5) is 0 Å². The van der Waals surface area contributed by atoms with Gasteiger partial charge in [0.15, 0.2) is 32.8 Å². The molecule has 2 aromatic carbocycles. The monoisotopic (exact) mass is 591 g/mol. The molecule has 0 radical (unpaired) electrons. The van der Waals surface area contributed by atoms with Gasteiger partial charge in [-0.1, -0.05) is 13.8 Å². The second-order valence-electron chi connectivity index (χ2n) is 10.6. The number of benzene rings is 2. The van der Waals surface area contributed by atoms with Crippen LogP contribution in [0.3, 0.4) is 0 Å². The van der Waals surface area contributed by atoms with Crippen molar-refractivity contribution in [2.45, 2.75) is 69.5 Å². The molecule has 0 spiro atoms. The van der Waals surface area contributed by atoms with Crippen LogP contribution in [0.25, 0.3) is 0 Å². The lowest BCUT2D eigenvalue weighted by Crippen LogP contribution is -2.27. The van der Waals surface area contributed by atoms with Gasteiger partial charge < -0.3 is 33.3 Å². The van der Waals surface area contributed by atoms with Crippen LogP contribution in [0, 0.1) is 0 Å². The van der Waals surface area contributed by atoms with Crippen molar-refractivity contribution in [3.05, 3.63) is 35.4 Å². The summed E-state index contributed by atoms with van der Waals surface area (Å²) in [6.07, 6.45) is 4.71. The van der Waals surface area contributed by atoms with E-state index in [4.69, 9.17) is 28.4 Å². The van der Waals surface area contributed by atoms with E-state index < -0.39 is 9.84 Å². The number of ether oxygens (including phenoxy) is 6. The zero-order chi connectivity index (χ0) is 29.4. The number of rotatable bonds is 15. The summed E-state index contributed by atoms with van der Waals surface area (Å²) >= 11 is 0. The highest BCUT2D eigenvalue weighted by Gasteiger charge is 2.33. The maximum absolute atomic E-state index is 13.8. The summed E-state index contributed by atoms with van der Waals surface area (Å²) in [6, 6.07) is 7.44. The Bertz CT molecular complexity index is 1230. The fourth-order valence-corrected chi connectivity index (χ4v) is 6.94. The Kier molecular flexibility index (Phi) is 11.0. The van der Waals surface area contributed by atoms with Crippen molar-refractivity contribution in [1.82, 2.24) is 4.90 Å². The lowest BCUT2D eigenvalue weighted by Gasteiger charge is -2.22. The molecule has 41 heavy (non-hydrogen) atoms. The van der Waals surface area contributed by atoms with E-state index in [1.165, 1.54) is 0 Å². The van der Waals surface area contributed by atoms with Crippen LogP contribution in [-0.4, -0.2) is 73.2 Å². The van der Waals surface area contributed by atoms with E-state index in [0.29, 0.717) is 48.5 Å². The Morgan fingerprint density at radius 1 is 0.780 bits per heavy atom. The van der Waals surface area contributed by atoms with Gasteiger partial charge in [-0.2, -0.15) is 0 Å². The lowest BCUT2D eigenvalue weighted by atomic mass is 10.0. The van der Waals surface area contributed by atoms with Gasteiger partial charge in [0.05, 0.1) is 52.5 Å². The molecule has 228 valence electrons. The highest BCUT2D eigenvalue weighted by Crippen LogP contribution is 2.48. The molecular weight excluding hydrogens is 546 g/mol. The van der Waals surface area contributed by atoms with Crippen molar-refractivity contribution in [3.8, 4) is 28.7 Å². The number of sulfone groups is 1. The minimum atomic E-state index is -3.65. The molecule has 2 aliphatic rings. The van der Waals surface area contributed by atoms with Crippen LogP contribution in [0.2, 0.25) is 0 Å². The first kappa shape index (κ1) is 31.3. The van der Waals surface area contributed by atoms with Crippen molar-refractivity contribution in [2.75, 3.05) is 59.9 Å². The minimum absolute atomic E-state index is 0.0335. The zero-order valence-corrected chi connectivity index (χ0v) is 25.9. The minimum Gasteiger partial charge on any atom is -0.493 e. The highest BCUT2D eigenvalue weighted by molar-refractivity contribution is 7.91. The van der Waals surface area contributed by atoms with Crippen LogP contribution in [-0.2, 0) is 14.6 Å². The van der Waals surface area contributed by atoms with Gasteiger partial charge >= 0.3 is 0 Å². The third kappa shape index (κ3) is 7.40. The average molecular weight is 592 g/mol. The lowest BCUT2D eigenvalue weighted by molar-refractivity contribution is 0.0435. The van der Waals surface area contributed by atoms with Crippen LogP contribution < -0.4 is 23.7 Å². The molecule has 0 unspecified atom stereocenters. The standard InChI is InChI=1S/C31H45NO8S/c1-6-15-38-28-20-23(21-29(31(28)39-16-7-2)41(33,34)17-14-32-12-8-9-13-32)25-11-10-24(40-25)22-18-26(35-3)30(37-5)27(19-22)36-4/h18-21,24-25H,6-17H2,1-5H3/t24-,25-/m0/s1. The SMILES string of the molecule is CCCOc1cc([C@@H]2CC[C@@H](c3cc(OC)c(OC)c(OC)c3)O2)cc(S(=O)(=O)CCN2CCCC2)c1OCCC. The van der Waals surface area contributed by atoms with E-state index >= 15 is 0 Å². The van der Waals surface area contributed by atoms with Gasteiger partial charge in [-0.05, 0) is 87.0 Å². The molecule has 10 heteroatoms. The summed E-state index contributed by atoms with van der Waals surface area (Å²) in [5.41, 5.74) is 1.68. The summed E-state index contributed by atoms with van der Waals surface area (Å²) in [7, 11) is 1.10. The fraction of sp³-hybridized carbons (Fsp3) is 0.613. The predicted octanol–water partition coefficient (Wildman–Crippen LogP) is 5.75. The molecule has 2 heterocycles. The Morgan fingerprint density at radius 2 is 1.34 bits per heavy atom. The highest BCUT2D eigenvalue weighted by atomic mass is 32.2. The van der Waals surface area contributed by atoms with Crippen molar-refractivity contribution in [1.29, 1.82) is 0 Å². The molecule has 2 saturated heterocycles. The fourth-order valence-electron chi connectivity index (χ4n) is 5.46. The van der Waals surface area contributed by atoms with E-state index in [1.807, 2.05) is 32.0 Å². The van der Waals surface area contributed by atoms with Crippen LogP contribution >= 0.6 is 0 Å². The van der Waals surface area contributed by atoms with Crippen LogP contribution in [0.5, 0.6) is 28.7 Å².